The summed E-state index contributed by atoms with van der Waals surface area (Å²) >= 11 is 0. The van der Waals surface area contributed by atoms with Gasteiger partial charge >= 0.3 is 7.82 Å². The Bertz CT molecular complexity index is 3410. The van der Waals surface area contributed by atoms with Crippen molar-refractivity contribution in [3.05, 3.63) is 97.3 Å². The number of nitrogens with one attached hydrogen (secondary N) is 3. The van der Waals surface area contributed by atoms with Gasteiger partial charge in [-0.15, -0.1) is 0 Å². The first-order chi connectivity index (χ1) is 37.1. The van der Waals surface area contributed by atoms with Crippen molar-refractivity contribution in [3.8, 4) is 11.5 Å². The van der Waals surface area contributed by atoms with Crippen LogP contribution in [-0.4, -0.2) is 122 Å². The van der Waals surface area contributed by atoms with Crippen LogP contribution in [0.2, 0.25) is 0 Å². The van der Waals surface area contributed by atoms with Crippen molar-refractivity contribution in [2.24, 2.45) is 0 Å². The number of hydrogen-bond acceptors (Lipinski definition) is 14. The topological polar surface area (TPSA) is 252 Å². The van der Waals surface area contributed by atoms with E-state index >= 15 is 0 Å². The Labute approximate surface area is 454 Å². The molecule has 3 unspecified atom stereocenters. The average Bonchev–Trinajstić information content (AvgIpc) is 4.04. The van der Waals surface area contributed by atoms with Gasteiger partial charge in [0.1, 0.15) is 36.4 Å². The molecule has 5 aliphatic heterocycles. The molecule has 0 bridgehead atoms. The highest BCUT2D eigenvalue weighted by Crippen LogP contribution is 2.53. The number of anilines is 3. The largest absolute Gasteiger partial charge is 0.472 e. The van der Waals surface area contributed by atoms with Gasteiger partial charge in [-0.3, -0.25) is 33.0 Å². The fourth-order valence-electron chi connectivity index (χ4n) is 13.0. The number of H-pyrrole nitrogens is 1. The molecular weight excluding hydrogens is 1020 g/mol. The Morgan fingerprint density at radius 1 is 0.962 bits per heavy atom. The van der Waals surface area contributed by atoms with Crippen LogP contribution in [0, 0.1) is 0 Å². The number of nitrogen functional groups attached to an aromatic ring is 1. The van der Waals surface area contributed by atoms with E-state index in [0.29, 0.717) is 49.9 Å². The first-order valence-corrected chi connectivity index (χ1v) is 29.2. The smallest absolute Gasteiger partial charge is 0.456 e. The minimum Gasteiger partial charge on any atom is -0.456 e. The Hall–Kier alpha value is -6.15. The third-order valence-corrected chi connectivity index (χ3v) is 17.5. The summed E-state index contributed by atoms with van der Waals surface area (Å²) < 4.78 is 39.1. The van der Waals surface area contributed by atoms with Gasteiger partial charge in [-0.05, 0) is 108 Å². The van der Waals surface area contributed by atoms with Gasteiger partial charge in [0.05, 0.1) is 12.7 Å². The van der Waals surface area contributed by atoms with E-state index in [1.165, 1.54) is 26.7 Å². The van der Waals surface area contributed by atoms with Gasteiger partial charge in [-0.2, -0.15) is 4.98 Å². The van der Waals surface area contributed by atoms with Crippen LogP contribution in [0.15, 0.2) is 53.3 Å². The molecule has 2 fully saturated rings. The standard InChI is InChI=1S/C57H75N10O10P/c1-10-65-40-27-42-38(25-36(40)32(3)29-56(65,5)6)46(39-26-37-33(4)30-57(7,8)66(11-2)41(37)28-43(39)75-42)34-19-14-15-20-35(34)52(71)64(9)24-18-21-45(68)59-22-16-12-13-17-23-60-55-61-47-50(62-54(58)63-51(47)70)67(55)53-48(69)49-44(76-53)31-74-78(72,73)77-49/h14-15,19-20,25-28,32-33,44,48-49,53,69H,10-13,16-18,21-24,29-31H2,1-9H3,(H5,58,59,63,68,70,71,72,73)/p+1/t32?,33?,44-,48-,49-,53-/m1/s1. The van der Waals surface area contributed by atoms with Crippen LogP contribution in [0.25, 0.3) is 16.7 Å². The van der Waals surface area contributed by atoms with E-state index in [4.69, 9.17) is 24.3 Å². The normalized spacial score (nSPS) is 24.6. The van der Waals surface area contributed by atoms with Crippen LogP contribution in [0.5, 0.6) is 11.5 Å². The molecule has 2 saturated heterocycles. The lowest BCUT2D eigenvalue weighted by atomic mass is 9.77. The first-order valence-electron chi connectivity index (χ1n) is 27.7. The molecule has 3 aromatic carbocycles. The number of aromatic nitrogens is 4. The first kappa shape index (κ1) is 55.2. The molecule has 21 heteroatoms. The number of hydrogen-bond donors (Lipinski definition) is 6. The summed E-state index contributed by atoms with van der Waals surface area (Å²) in [5.74, 6) is 2.03. The lowest BCUT2D eigenvalue weighted by molar-refractivity contribution is -0.121. The molecule has 5 aliphatic rings. The molecule has 10 rings (SSSR count). The number of nitrogens with two attached hydrogens (primary N) is 1. The number of benzene rings is 3. The zero-order chi connectivity index (χ0) is 55.6. The number of unbranched alkanes of at least 4 members (excludes halogenated alkanes) is 3. The molecule has 20 nitrogen and oxygen atoms in total. The Morgan fingerprint density at radius 2 is 1.71 bits per heavy atom. The maximum Gasteiger partial charge on any atom is 0.472 e. The van der Waals surface area contributed by atoms with Gasteiger partial charge < -0.3 is 45.6 Å². The predicted molar refractivity (Wildman–Crippen MR) is 299 cm³/mol. The SMILES string of the molecule is CCN1c2cc3c(cc2C(C)CC1(C)C)C(c1ccccc1C(=O)N(C)CCCC(=O)NCCCCCCNc1nc2c(=O)[nH]c(N)nc2n1[C@@H]1O[C@@H]2COP(=O)(O)O[C@H]2[C@H]1O)=c1cc2c(cc1O3)=[N+](CC)C(C)(C)CC2C. The molecular formula is C57H76N10O10P+. The van der Waals surface area contributed by atoms with Crippen molar-refractivity contribution in [1.29, 1.82) is 0 Å². The van der Waals surface area contributed by atoms with Crippen molar-refractivity contribution < 1.29 is 42.7 Å². The molecule has 0 saturated carbocycles. The number of ether oxygens (including phenoxy) is 2. The molecule has 0 aliphatic carbocycles. The molecule has 0 spiro atoms. The van der Waals surface area contributed by atoms with Crippen LogP contribution < -0.4 is 46.7 Å². The van der Waals surface area contributed by atoms with Gasteiger partial charge in [0.2, 0.25) is 23.2 Å². The number of carbonyl (C=O) groups is 2. The number of rotatable bonds is 17. The summed E-state index contributed by atoms with van der Waals surface area (Å²) in [6.07, 6.45) is 1.25. The number of carbonyl (C=O) groups excluding carboxylic acids is 2. The van der Waals surface area contributed by atoms with E-state index in [1.54, 1.807) is 4.90 Å². The fourth-order valence-corrected chi connectivity index (χ4v) is 14.0. The summed E-state index contributed by atoms with van der Waals surface area (Å²) in [4.78, 5) is 65.8. The fraction of sp³-hybridized carbons (Fsp3) is 0.544. The molecule has 78 heavy (non-hydrogen) atoms. The van der Waals surface area contributed by atoms with E-state index in [-0.39, 0.29) is 59.0 Å². The summed E-state index contributed by atoms with van der Waals surface area (Å²) in [7, 11) is -2.57. The van der Waals surface area contributed by atoms with Crippen molar-refractivity contribution in [2.75, 3.05) is 62.3 Å². The molecule has 2 aromatic heterocycles. The van der Waals surface area contributed by atoms with Crippen LogP contribution >= 0.6 is 7.82 Å². The summed E-state index contributed by atoms with van der Waals surface area (Å²) in [6, 6.07) is 17.1. The van der Waals surface area contributed by atoms with Gasteiger partial charge in [0.15, 0.2) is 22.9 Å². The van der Waals surface area contributed by atoms with Gasteiger partial charge in [-0.1, -0.05) is 44.9 Å². The maximum absolute atomic E-state index is 14.7. The number of aliphatic hydroxyl groups is 1. The second-order valence-electron chi connectivity index (χ2n) is 23.0. The monoisotopic (exact) mass is 1090 g/mol. The molecule has 5 aromatic rings. The molecule has 2 amide bonds. The zero-order valence-electron chi connectivity index (χ0n) is 46.4. The number of aliphatic hydroxyl groups excluding tert-OH is 1. The summed E-state index contributed by atoms with van der Waals surface area (Å²) in [5, 5.41) is 19.6. The van der Waals surface area contributed by atoms with Crippen LogP contribution in [0.3, 0.4) is 0 Å². The highest BCUT2D eigenvalue weighted by molar-refractivity contribution is 7.47. The average molecular weight is 1090 g/mol. The van der Waals surface area contributed by atoms with Gasteiger partial charge in [0.25, 0.3) is 11.5 Å². The third kappa shape index (κ3) is 10.4. The van der Waals surface area contributed by atoms with Crippen molar-refractivity contribution in [2.45, 2.75) is 154 Å². The second kappa shape index (κ2) is 21.5. The molecule has 7 atom stereocenters. The summed E-state index contributed by atoms with van der Waals surface area (Å²) in [6.45, 7) is 21.1. The number of fused-ring (bicyclic) bond motifs is 6. The van der Waals surface area contributed by atoms with E-state index in [2.05, 4.69) is 121 Å². The molecule has 0 radical (unpaired) electrons. The van der Waals surface area contributed by atoms with E-state index in [1.807, 2.05) is 25.2 Å². The van der Waals surface area contributed by atoms with E-state index in [0.717, 1.165) is 78.6 Å². The van der Waals surface area contributed by atoms with E-state index < -0.39 is 37.9 Å². The molecule has 418 valence electrons. The van der Waals surface area contributed by atoms with Gasteiger partial charge in [-0.25, -0.2) is 14.1 Å². The van der Waals surface area contributed by atoms with E-state index in [9.17, 15) is 28.9 Å². The number of imidazole rings is 1. The Morgan fingerprint density at radius 3 is 2.46 bits per heavy atom. The molecule has 7 N–H and O–H groups in total. The predicted octanol–water partition coefficient (Wildman–Crippen LogP) is 6.38. The lowest BCUT2D eigenvalue weighted by Gasteiger charge is -2.47. The number of phosphoric acid groups is 1. The maximum atomic E-state index is 14.7. The van der Waals surface area contributed by atoms with Crippen LogP contribution in [0.4, 0.5) is 17.6 Å². The Kier molecular flexibility index (Phi) is 15.2. The highest BCUT2D eigenvalue weighted by atomic mass is 31.2. The zero-order valence-corrected chi connectivity index (χ0v) is 47.2. The number of phosphoric ester groups is 1. The van der Waals surface area contributed by atoms with Crippen molar-refractivity contribution in [1.82, 2.24) is 34.3 Å². The van der Waals surface area contributed by atoms with Crippen molar-refractivity contribution in [3.63, 3.8) is 0 Å². The Balaban J connectivity index is 0.776. The van der Waals surface area contributed by atoms with Crippen LogP contribution in [-0.2, 0) is 23.1 Å². The highest BCUT2D eigenvalue weighted by Gasteiger charge is 2.53. The number of nitrogens with zero attached hydrogens (tertiary/aromatic N) is 6. The number of amides is 2. The molecule has 7 heterocycles. The second-order valence-corrected chi connectivity index (χ2v) is 24.4. The number of aromatic amines is 1. The third-order valence-electron chi connectivity index (χ3n) is 16.5. The lowest BCUT2D eigenvalue weighted by Crippen LogP contribution is -2.52. The summed E-state index contributed by atoms with van der Waals surface area (Å²) in [5.41, 5.74) is 12.4. The van der Waals surface area contributed by atoms with Crippen LogP contribution in [0.1, 0.15) is 157 Å². The van der Waals surface area contributed by atoms with Gasteiger partial charge in [0, 0.05) is 90.8 Å². The minimum absolute atomic E-state index is 0.0248. The van der Waals surface area contributed by atoms with Crippen molar-refractivity contribution >= 4 is 54.0 Å². The minimum atomic E-state index is -4.38. The quantitative estimate of drug-likeness (QED) is 0.0329.